The van der Waals surface area contributed by atoms with Crippen molar-refractivity contribution in [2.45, 2.75) is 31.2 Å². The lowest BCUT2D eigenvalue weighted by molar-refractivity contribution is 0.222. The normalized spacial score (nSPS) is 17.8. The van der Waals surface area contributed by atoms with Gasteiger partial charge in [0.15, 0.2) is 0 Å². The van der Waals surface area contributed by atoms with Gasteiger partial charge in [-0.2, -0.15) is 0 Å². The predicted molar refractivity (Wildman–Crippen MR) is 78.1 cm³/mol. The molecule has 0 bridgehead atoms. The van der Waals surface area contributed by atoms with E-state index in [1.54, 1.807) is 12.4 Å². The Morgan fingerprint density at radius 3 is 2.89 bits per heavy atom. The molecule has 0 spiro atoms. The highest BCUT2D eigenvalue weighted by atomic mass is 79.9. The van der Waals surface area contributed by atoms with E-state index in [2.05, 4.69) is 25.9 Å². The molecule has 0 radical (unpaired) electrons. The van der Waals surface area contributed by atoms with E-state index in [1.807, 2.05) is 12.1 Å². The van der Waals surface area contributed by atoms with E-state index in [9.17, 15) is 0 Å². The topological polar surface area (TPSA) is 61.0 Å². The molecule has 4 nitrogen and oxygen atoms in total. The summed E-state index contributed by atoms with van der Waals surface area (Å²) < 4.78 is 6.82. The van der Waals surface area contributed by atoms with Crippen molar-refractivity contribution in [3.05, 3.63) is 29.0 Å². The third-order valence-electron chi connectivity index (χ3n) is 3.62. The molecule has 0 amide bonds. The molecule has 2 aromatic heterocycles. The van der Waals surface area contributed by atoms with Crippen LogP contribution in [0.25, 0.3) is 11.0 Å². The Kier molecular flexibility index (Phi) is 3.41. The van der Waals surface area contributed by atoms with Crippen molar-refractivity contribution in [2.24, 2.45) is 5.73 Å². The lowest BCUT2D eigenvalue weighted by Gasteiger charge is -2.23. The lowest BCUT2D eigenvalue weighted by atomic mass is 10.0. The third kappa shape index (κ3) is 2.72. The maximum absolute atomic E-state index is 6.31. The van der Waals surface area contributed by atoms with Crippen molar-refractivity contribution in [3.8, 4) is 5.75 Å². The molecule has 0 aliphatic heterocycles. The Hall–Kier alpha value is -1.20. The van der Waals surface area contributed by atoms with E-state index in [-0.39, 0.29) is 5.54 Å². The van der Waals surface area contributed by atoms with Gasteiger partial charge in [0.1, 0.15) is 17.9 Å². The van der Waals surface area contributed by atoms with Crippen LogP contribution in [0.4, 0.5) is 0 Å². The number of aromatic nitrogens is 2. The zero-order valence-corrected chi connectivity index (χ0v) is 12.2. The van der Waals surface area contributed by atoms with Gasteiger partial charge in [-0.3, -0.25) is 4.98 Å². The number of ether oxygens (including phenoxy) is 1. The van der Waals surface area contributed by atoms with Gasteiger partial charge >= 0.3 is 0 Å². The van der Waals surface area contributed by atoms with E-state index >= 15 is 0 Å². The maximum Gasteiger partial charge on any atom is 0.148 e. The van der Waals surface area contributed by atoms with E-state index in [0.717, 1.165) is 34.1 Å². The average molecular weight is 322 g/mol. The van der Waals surface area contributed by atoms with Gasteiger partial charge in [-0.15, -0.1) is 0 Å². The van der Waals surface area contributed by atoms with E-state index < -0.39 is 0 Å². The molecule has 0 unspecified atom stereocenters. The number of hydrogen-bond acceptors (Lipinski definition) is 4. The van der Waals surface area contributed by atoms with E-state index in [0.29, 0.717) is 6.61 Å². The molecule has 5 heteroatoms. The van der Waals surface area contributed by atoms with Gasteiger partial charge in [0.25, 0.3) is 0 Å². The van der Waals surface area contributed by atoms with Gasteiger partial charge in [0.2, 0.25) is 0 Å². The van der Waals surface area contributed by atoms with Gasteiger partial charge in [0.05, 0.1) is 11.1 Å². The number of pyridine rings is 2. The summed E-state index contributed by atoms with van der Waals surface area (Å²) in [6.07, 6.45) is 7.96. The fraction of sp³-hybridized carbons (Fsp3) is 0.429. The number of halogens is 1. The standard InChI is InChI=1S/C14H16BrN3O/c15-10-7-11-13(18-8-10)12(3-6-17-11)19-9-14(16)4-1-2-5-14/h3,6-8H,1-2,4-5,9,16H2. The van der Waals surface area contributed by atoms with E-state index in [1.165, 1.54) is 12.8 Å². The Bertz CT molecular complexity index is 596. The molecule has 1 aliphatic rings. The number of nitrogens with zero attached hydrogens (tertiary/aromatic N) is 2. The summed E-state index contributed by atoms with van der Waals surface area (Å²) >= 11 is 3.40. The molecule has 19 heavy (non-hydrogen) atoms. The van der Waals surface area contributed by atoms with Crippen LogP contribution in [0.15, 0.2) is 29.0 Å². The van der Waals surface area contributed by atoms with Gasteiger partial charge in [0, 0.05) is 22.9 Å². The van der Waals surface area contributed by atoms with Crippen LogP contribution in [-0.2, 0) is 0 Å². The first kappa shape index (κ1) is 12.8. The van der Waals surface area contributed by atoms with Crippen LogP contribution < -0.4 is 10.5 Å². The summed E-state index contributed by atoms with van der Waals surface area (Å²) in [6.45, 7) is 0.545. The molecule has 2 aromatic rings. The van der Waals surface area contributed by atoms with Gasteiger partial charge in [-0.05, 0) is 34.8 Å². The average Bonchev–Trinajstić information content (AvgIpc) is 2.83. The Labute approximate surface area is 120 Å². The minimum atomic E-state index is -0.176. The zero-order chi connectivity index (χ0) is 13.3. The van der Waals surface area contributed by atoms with Crippen molar-refractivity contribution in [1.29, 1.82) is 0 Å². The first-order valence-corrected chi connectivity index (χ1v) is 7.28. The molecule has 1 fully saturated rings. The second-order valence-electron chi connectivity index (χ2n) is 5.19. The molecule has 1 aliphatic carbocycles. The minimum Gasteiger partial charge on any atom is -0.489 e. The summed E-state index contributed by atoms with van der Waals surface area (Å²) in [4.78, 5) is 8.67. The second kappa shape index (κ2) is 5.06. The van der Waals surface area contributed by atoms with Gasteiger partial charge < -0.3 is 10.5 Å². The minimum absolute atomic E-state index is 0.176. The fourth-order valence-electron chi connectivity index (χ4n) is 2.54. The molecular weight excluding hydrogens is 306 g/mol. The zero-order valence-electron chi connectivity index (χ0n) is 10.6. The molecule has 1 saturated carbocycles. The van der Waals surface area contributed by atoms with Crippen molar-refractivity contribution < 1.29 is 4.74 Å². The highest BCUT2D eigenvalue weighted by Gasteiger charge is 2.30. The Morgan fingerprint density at radius 1 is 1.32 bits per heavy atom. The van der Waals surface area contributed by atoms with Crippen molar-refractivity contribution >= 4 is 27.0 Å². The van der Waals surface area contributed by atoms with Crippen molar-refractivity contribution in [3.63, 3.8) is 0 Å². The first-order valence-electron chi connectivity index (χ1n) is 6.48. The van der Waals surface area contributed by atoms with Crippen LogP contribution in [0.1, 0.15) is 25.7 Å². The highest BCUT2D eigenvalue weighted by molar-refractivity contribution is 9.10. The quantitative estimate of drug-likeness (QED) is 0.943. The van der Waals surface area contributed by atoms with Crippen LogP contribution in [0.3, 0.4) is 0 Å². The Morgan fingerprint density at radius 2 is 2.11 bits per heavy atom. The summed E-state index contributed by atoms with van der Waals surface area (Å²) in [5.74, 6) is 0.759. The summed E-state index contributed by atoms with van der Waals surface area (Å²) in [6, 6.07) is 3.78. The molecule has 2 heterocycles. The molecule has 2 N–H and O–H groups in total. The Balaban J connectivity index is 1.84. The molecule has 100 valence electrons. The second-order valence-corrected chi connectivity index (χ2v) is 6.10. The van der Waals surface area contributed by atoms with Gasteiger partial charge in [-0.1, -0.05) is 12.8 Å². The van der Waals surface area contributed by atoms with Gasteiger partial charge in [-0.25, -0.2) is 4.98 Å². The molecule has 0 saturated heterocycles. The fourth-order valence-corrected chi connectivity index (χ4v) is 2.86. The predicted octanol–water partition coefficient (Wildman–Crippen LogP) is 3.04. The largest absolute Gasteiger partial charge is 0.489 e. The number of nitrogens with two attached hydrogens (primary N) is 1. The number of fused-ring (bicyclic) bond motifs is 1. The molecular formula is C14H16BrN3O. The van der Waals surface area contributed by atoms with Crippen LogP contribution in [0.2, 0.25) is 0 Å². The van der Waals surface area contributed by atoms with Crippen LogP contribution in [0, 0.1) is 0 Å². The third-order valence-corrected chi connectivity index (χ3v) is 4.06. The highest BCUT2D eigenvalue weighted by Crippen LogP contribution is 2.29. The maximum atomic E-state index is 6.31. The molecule has 3 rings (SSSR count). The molecule has 0 aromatic carbocycles. The number of rotatable bonds is 3. The van der Waals surface area contributed by atoms with Crippen LogP contribution >= 0.6 is 15.9 Å². The molecule has 0 atom stereocenters. The van der Waals surface area contributed by atoms with Crippen LogP contribution in [-0.4, -0.2) is 22.1 Å². The monoisotopic (exact) mass is 321 g/mol. The first-order chi connectivity index (χ1) is 9.16. The van der Waals surface area contributed by atoms with Crippen molar-refractivity contribution in [1.82, 2.24) is 9.97 Å². The lowest BCUT2D eigenvalue weighted by Crippen LogP contribution is -2.42. The summed E-state index contributed by atoms with van der Waals surface area (Å²) in [7, 11) is 0. The number of hydrogen-bond donors (Lipinski definition) is 1. The SMILES string of the molecule is NC1(COc2ccnc3cc(Br)cnc23)CCCC1. The van der Waals surface area contributed by atoms with E-state index in [4.69, 9.17) is 10.5 Å². The van der Waals surface area contributed by atoms with Crippen molar-refractivity contribution in [2.75, 3.05) is 6.61 Å². The summed E-state index contributed by atoms with van der Waals surface area (Å²) in [5, 5.41) is 0. The smallest absolute Gasteiger partial charge is 0.148 e. The summed E-state index contributed by atoms with van der Waals surface area (Å²) in [5.41, 5.74) is 7.74. The van der Waals surface area contributed by atoms with Crippen LogP contribution in [0.5, 0.6) is 5.75 Å².